The number of carbonyl (C=O) groups excluding carboxylic acids is 2. The molecular formula is C21H20BrIN2O5S. The molecular weight excluding hydrogens is 599 g/mol. The first kappa shape index (κ1) is 22.8. The van der Waals surface area contributed by atoms with Gasteiger partial charge in [-0.25, -0.2) is 13.3 Å². The molecule has 0 saturated carbocycles. The molecule has 2 aliphatic heterocycles. The molecule has 2 aromatic rings. The smallest absolute Gasteiger partial charge is 0.252 e. The van der Waals surface area contributed by atoms with Crippen LogP contribution in [0.25, 0.3) is 0 Å². The van der Waals surface area contributed by atoms with Crippen molar-refractivity contribution in [1.29, 1.82) is 0 Å². The number of hydrogen-bond acceptors (Lipinski definition) is 5. The average molecular weight is 619 g/mol. The van der Waals surface area contributed by atoms with Gasteiger partial charge in [0, 0.05) is 21.2 Å². The molecule has 2 unspecified atom stereocenters. The van der Waals surface area contributed by atoms with Crippen LogP contribution in [-0.2, 0) is 24.3 Å². The lowest BCUT2D eigenvalue weighted by Crippen LogP contribution is -2.48. The predicted molar refractivity (Wildman–Crippen MR) is 127 cm³/mol. The Morgan fingerprint density at radius 1 is 1.10 bits per heavy atom. The summed E-state index contributed by atoms with van der Waals surface area (Å²) in [5.41, 5.74) is 0.441. The van der Waals surface area contributed by atoms with Gasteiger partial charge in [-0.3, -0.25) is 9.59 Å². The summed E-state index contributed by atoms with van der Waals surface area (Å²) >= 11 is 5.45. The predicted octanol–water partition coefficient (Wildman–Crippen LogP) is 3.56. The van der Waals surface area contributed by atoms with Gasteiger partial charge in [-0.1, -0.05) is 15.9 Å². The third-order valence-corrected chi connectivity index (χ3v) is 8.52. The second-order valence-electron chi connectivity index (χ2n) is 7.43. The minimum atomic E-state index is -4.03. The lowest BCUT2D eigenvalue weighted by Gasteiger charge is -2.29. The molecule has 4 rings (SSSR count). The minimum absolute atomic E-state index is 0.0304. The van der Waals surface area contributed by atoms with E-state index in [-0.39, 0.29) is 24.0 Å². The fourth-order valence-electron chi connectivity index (χ4n) is 3.83. The first-order chi connectivity index (χ1) is 14.8. The van der Waals surface area contributed by atoms with E-state index in [0.717, 1.165) is 23.7 Å². The molecule has 0 aliphatic carbocycles. The van der Waals surface area contributed by atoms with Crippen LogP contribution in [0.2, 0.25) is 0 Å². The second kappa shape index (κ2) is 9.26. The van der Waals surface area contributed by atoms with Gasteiger partial charge >= 0.3 is 0 Å². The van der Waals surface area contributed by atoms with Crippen LogP contribution in [0.1, 0.15) is 19.3 Å². The van der Waals surface area contributed by atoms with E-state index in [0.29, 0.717) is 18.7 Å². The molecule has 2 fully saturated rings. The number of anilines is 1. The van der Waals surface area contributed by atoms with E-state index in [9.17, 15) is 18.0 Å². The largest absolute Gasteiger partial charge is 0.377 e. The molecule has 0 aromatic heterocycles. The summed E-state index contributed by atoms with van der Waals surface area (Å²) in [6.45, 7) is 0.589. The maximum atomic E-state index is 13.5. The zero-order valence-corrected chi connectivity index (χ0v) is 21.0. The molecule has 0 N–H and O–H groups in total. The molecule has 7 nitrogen and oxygen atoms in total. The van der Waals surface area contributed by atoms with Gasteiger partial charge in [0.15, 0.2) is 0 Å². The topological polar surface area (TPSA) is 84.0 Å². The molecule has 2 heterocycles. The Labute approximate surface area is 203 Å². The molecule has 164 valence electrons. The van der Waals surface area contributed by atoms with Gasteiger partial charge in [-0.2, -0.15) is 4.31 Å². The van der Waals surface area contributed by atoms with Crippen molar-refractivity contribution in [3.8, 4) is 0 Å². The second-order valence-corrected chi connectivity index (χ2v) is 11.5. The Kier molecular flexibility index (Phi) is 6.82. The van der Waals surface area contributed by atoms with Gasteiger partial charge in [0.05, 0.1) is 23.1 Å². The fraction of sp³-hybridized carbons (Fsp3) is 0.333. The molecule has 2 atom stereocenters. The van der Waals surface area contributed by atoms with Crippen molar-refractivity contribution in [3.63, 3.8) is 0 Å². The number of sulfonamides is 1. The summed E-state index contributed by atoms with van der Waals surface area (Å²) in [6, 6.07) is 12.1. The summed E-state index contributed by atoms with van der Waals surface area (Å²) < 4.78 is 35.6. The van der Waals surface area contributed by atoms with Gasteiger partial charge in [-0.05, 0) is 84.0 Å². The number of imide groups is 1. The molecule has 0 radical (unpaired) electrons. The molecule has 2 aromatic carbocycles. The van der Waals surface area contributed by atoms with E-state index in [1.807, 2.05) is 0 Å². The molecule has 2 amide bonds. The molecule has 10 heteroatoms. The Morgan fingerprint density at radius 3 is 2.39 bits per heavy atom. The summed E-state index contributed by atoms with van der Waals surface area (Å²) in [5.74, 6) is -0.954. The van der Waals surface area contributed by atoms with Crippen LogP contribution in [0.3, 0.4) is 0 Å². The molecule has 0 bridgehead atoms. The molecule has 0 spiro atoms. The Bertz CT molecular complexity index is 1090. The number of ether oxygens (including phenoxy) is 1. The lowest BCUT2D eigenvalue weighted by molar-refractivity contribution is -0.122. The fourth-order valence-corrected chi connectivity index (χ4v) is 6.06. The van der Waals surface area contributed by atoms with Crippen LogP contribution in [0.4, 0.5) is 5.69 Å². The van der Waals surface area contributed by atoms with Crippen LogP contribution in [0.15, 0.2) is 57.9 Å². The van der Waals surface area contributed by atoms with Gasteiger partial charge < -0.3 is 4.74 Å². The molecule has 31 heavy (non-hydrogen) atoms. The van der Waals surface area contributed by atoms with Gasteiger partial charge in [-0.15, -0.1) is 0 Å². The van der Waals surface area contributed by atoms with E-state index in [4.69, 9.17) is 4.74 Å². The number of nitrogens with zero attached hydrogens (tertiary/aromatic N) is 2. The molecule has 2 saturated heterocycles. The number of hydrogen-bond donors (Lipinski definition) is 0. The number of rotatable bonds is 6. The highest BCUT2D eigenvalue weighted by atomic mass is 127. The van der Waals surface area contributed by atoms with Crippen LogP contribution in [0, 0.1) is 3.57 Å². The minimum Gasteiger partial charge on any atom is -0.377 e. The van der Waals surface area contributed by atoms with E-state index >= 15 is 0 Å². The Morgan fingerprint density at radius 2 is 1.77 bits per heavy atom. The van der Waals surface area contributed by atoms with Gasteiger partial charge in [0.25, 0.3) is 5.91 Å². The number of benzene rings is 2. The quantitative estimate of drug-likeness (QED) is 0.365. The first-order valence-corrected chi connectivity index (χ1v) is 13.1. The Hall–Kier alpha value is -1.34. The van der Waals surface area contributed by atoms with Crippen molar-refractivity contribution in [2.45, 2.75) is 36.3 Å². The van der Waals surface area contributed by atoms with Crippen molar-refractivity contribution < 1.29 is 22.7 Å². The number of carbonyl (C=O) groups is 2. The van der Waals surface area contributed by atoms with Crippen LogP contribution in [0.5, 0.6) is 0 Å². The lowest BCUT2D eigenvalue weighted by atomic mass is 10.2. The van der Waals surface area contributed by atoms with Crippen molar-refractivity contribution in [1.82, 2.24) is 4.31 Å². The van der Waals surface area contributed by atoms with E-state index in [1.165, 1.54) is 12.1 Å². The van der Waals surface area contributed by atoms with E-state index in [2.05, 4.69) is 38.5 Å². The maximum absolute atomic E-state index is 13.5. The number of amides is 2. The average Bonchev–Trinajstić information content (AvgIpc) is 3.35. The zero-order valence-electron chi connectivity index (χ0n) is 16.4. The highest BCUT2D eigenvalue weighted by Gasteiger charge is 2.47. The van der Waals surface area contributed by atoms with E-state index in [1.54, 1.807) is 36.4 Å². The SMILES string of the molecule is O=C1CC(N(CC2CCCO2)S(=O)(=O)c2ccc(Br)cc2)C(=O)N1c1ccc(I)cc1. The first-order valence-electron chi connectivity index (χ1n) is 9.79. The van der Waals surface area contributed by atoms with Crippen LogP contribution in [-0.4, -0.2) is 49.8 Å². The summed E-state index contributed by atoms with van der Waals surface area (Å²) in [7, 11) is -4.03. The van der Waals surface area contributed by atoms with Crippen molar-refractivity contribution in [2.75, 3.05) is 18.1 Å². The van der Waals surface area contributed by atoms with Crippen LogP contribution >= 0.6 is 38.5 Å². The van der Waals surface area contributed by atoms with Crippen LogP contribution < -0.4 is 4.90 Å². The van der Waals surface area contributed by atoms with Crippen molar-refractivity contribution in [3.05, 3.63) is 56.6 Å². The van der Waals surface area contributed by atoms with Gasteiger partial charge in [0.2, 0.25) is 15.9 Å². The monoisotopic (exact) mass is 618 g/mol. The highest BCUT2D eigenvalue weighted by molar-refractivity contribution is 14.1. The van der Waals surface area contributed by atoms with Crippen molar-refractivity contribution >= 4 is 66.0 Å². The molecule has 2 aliphatic rings. The van der Waals surface area contributed by atoms with Gasteiger partial charge in [0.1, 0.15) is 6.04 Å². The van der Waals surface area contributed by atoms with E-state index < -0.39 is 27.9 Å². The third-order valence-electron chi connectivity index (χ3n) is 5.38. The number of halogens is 2. The Balaban J connectivity index is 1.69. The summed E-state index contributed by atoms with van der Waals surface area (Å²) in [5, 5.41) is 0. The summed E-state index contributed by atoms with van der Waals surface area (Å²) in [4.78, 5) is 27.2. The normalized spacial score (nSPS) is 22.0. The maximum Gasteiger partial charge on any atom is 0.252 e. The third kappa shape index (κ3) is 4.72. The highest BCUT2D eigenvalue weighted by Crippen LogP contribution is 2.31. The van der Waals surface area contributed by atoms with Crippen molar-refractivity contribution in [2.24, 2.45) is 0 Å². The summed E-state index contributed by atoms with van der Waals surface area (Å²) in [6.07, 6.45) is 1.04. The zero-order chi connectivity index (χ0) is 22.2. The standard InChI is InChI=1S/C21H20BrIN2O5S/c22-14-3-9-18(10-4-14)31(28,29)24(13-17-2-1-11-30-17)19-12-20(26)25(21(19)27)16-7-5-15(23)6-8-16/h3-10,17,19H,1-2,11-13H2.